The van der Waals surface area contributed by atoms with Crippen molar-refractivity contribution < 1.29 is 9.53 Å². The summed E-state index contributed by atoms with van der Waals surface area (Å²) < 4.78 is 5.36. The maximum absolute atomic E-state index is 12.6. The van der Waals surface area contributed by atoms with Crippen LogP contribution in [-0.4, -0.2) is 53.1 Å². The number of carbonyl (C=O) groups excluding carboxylic acids is 1. The summed E-state index contributed by atoms with van der Waals surface area (Å²) in [5.41, 5.74) is 2.30. The highest BCUT2D eigenvalue weighted by Gasteiger charge is 2.30. The van der Waals surface area contributed by atoms with E-state index in [9.17, 15) is 4.79 Å². The first-order valence-corrected chi connectivity index (χ1v) is 8.77. The van der Waals surface area contributed by atoms with Crippen LogP contribution in [0.1, 0.15) is 36.9 Å². The van der Waals surface area contributed by atoms with E-state index in [4.69, 9.17) is 4.74 Å². The van der Waals surface area contributed by atoms with Gasteiger partial charge in [0.2, 0.25) is 5.91 Å². The number of amides is 1. The van der Waals surface area contributed by atoms with Crippen LogP contribution in [0.25, 0.3) is 0 Å². The molecule has 1 aromatic rings. The lowest BCUT2D eigenvalue weighted by molar-refractivity contribution is -0.135. The van der Waals surface area contributed by atoms with Crippen LogP contribution in [0.15, 0.2) is 6.33 Å². The molecule has 3 heterocycles. The Hall–Kier alpha value is -1.69. The summed E-state index contributed by atoms with van der Waals surface area (Å²) in [6, 6.07) is 0.561. The van der Waals surface area contributed by atoms with Crippen LogP contribution >= 0.6 is 0 Å². The number of nitrogens with one attached hydrogen (secondary N) is 1. The molecule has 4 rings (SSSR count). The highest BCUT2D eigenvalue weighted by Crippen LogP contribution is 2.27. The van der Waals surface area contributed by atoms with Gasteiger partial charge in [-0.25, -0.2) is 9.97 Å². The summed E-state index contributed by atoms with van der Waals surface area (Å²) in [4.78, 5) is 23.5. The van der Waals surface area contributed by atoms with Crippen molar-refractivity contribution in [2.75, 3.05) is 31.6 Å². The molecule has 1 saturated carbocycles. The van der Waals surface area contributed by atoms with Crippen LogP contribution < -0.4 is 5.32 Å². The topological polar surface area (TPSA) is 67.3 Å². The molecule has 3 aliphatic rings. The molecule has 1 aromatic heterocycles. The first kappa shape index (κ1) is 14.9. The number of fused-ring (bicyclic) bond motifs is 1. The number of anilines is 1. The lowest BCUT2D eigenvalue weighted by Crippen LogP contribution is -2.38. The summed E-state index contributed by atoms with van der Waals surface area (Å²) in [5, 5.41) is 3.56. The number of rotatable bonds is 3. The van der Waals surface area contributed by atoms with Crippen molar-refractivity contribution in [2.24, 2.45) is 5.92 Å². The predicted molar refractivity (Wildman–Crippen MR) is 86.2 cm³/mol. The molecule has 1 atom stereocenters. The van der Waals surface area contributed by atoms with Gasteiger partial charge in [-0.15, -0.1) is 0 Å². The standard InChI is InChI=1S/C17H24N4O2/c22-17(12-6-9-23-10-12)21-7-4-14-15(5-8-21)18-11-19-16(14)20-13-2-1-3-13/h11-13H,1-10H2,(H,18,19,20)/t12-/m1/s1. The van der Waals surface area contributed by atoms with Crippen molar-refractivity contribution in [1.29, 1.82) is 0 Å². The average Bonchev–Trinajstić information content (AvgIpc) is 2.97. The predicted octanol–water partition coefficient (Wildman–Crippen LogP) is 1.40. The summed E-state index contributed by atoms with van der Waals surface area (Å²) in [6.07, 6.45) is 7.92. The van der Waals surface area contributed by atoms with Gasteiger partial charge in [0.25, 0.3) is 0 Å². The van der Waals surface area contributed by atoms with Crippen molar-refractivity contribution in [3.8, 4) is 0 Å². The van der Waals surface area contributed by atoms with E-state index >= 15 is 0 Å². The van der Waals surface area contributed by atoms with Crippen molar-refractivity contribution in [2.45, 2.75) is 44.6 Å². The summed E-state index contributed by atoms with van der Waals surface area (Å²) >= 11 is 0. The zero-order chi connectivity index (χ0) is 15.6. The molecule has 1 saturated heterocycles. The van der Waals surface area contributed by atoms with Crippen molar-refractivity contribution >= 4 is 11.7 Å². The fraction of sp³-hybridized carbons (Fsp3) is 0.706. The van der Waals surface area contributed by atoms with Gasteiger partial charge in [-0.2, -0.15) is 0 Å². The van der Waals surface area contributed by atoms with Crippen molar-refractivity contribution in [3.05, 3.63) is 17.6 Å². The van der Waals surface area contributed by atoms with Crippen molar-refractivity contribution in [3.63, 3.8) is 0 Å². The number of hydrogen-bond acceptors (Lipinski definition) is 5. The van der Waals surface area contributed by atoms with Gasteiger partial charge in [0.1, 0.15) is 12.1 Å². The zero-order valence-electron chi connectivity index (χ0n) is 13.5. The normalized spacial score (nSPS) is 24.7. The molecule has 0 bridgehead atoms. The number of carbonyl (C=O) groups is 1. The minimum Gasteiger partial charge on any atom is -0.381 e. The van der Waals surface area contributed by atoms with E-state index in [0.29, 0.717) is 19.3 Å². The van der Waals surface area contributed by atoms with E-state index in [0.717, 1.165) is 43.9 Å². The molecule has 124 valence electrons. The number of ether oxygens (including phenoxy) is 1. The molecular weight excluding hydrogens is 292 g/mol. The zero-order valence-corrected chi connectivity index (χ0v) is 13.5. The first-order valence-electron chi connectivity index (χ1n) is 8.77. The number of nitrogens with zero attached hydrogens (tertiary/aromatic N) is 3. The fourth-order valence-electron chi connectivity index (χ4n) is 3.60. The Morgan fingerprint density at radius 1 is 1.22 bits per heavy atom. The first-order chi connectivity index (χ1) is 11.3. The molecule has 0 radical (unpaired) electrons. The van der Waals surface area contributed by atoms with E-state index in [-0.39, 0.29) is 11.8 Å². The van der Waals surface area contributed by atoms with Gasteiger partial charge < -0.3 is 15.0 Å². The maximum atomic E-state index is 12.6. The van der Waals surface area contributed by atoms with E-state index in [1.807, 2.05) is 4.90 Å². The third kappa shape index (κ3) is 3.04. The fourth-order valence-corrected chi connectivity index (χ4v) is 3.60. The summed E-state index contributed by atoms with van der Waals surface area (Å²) in [7, 11) is 0. The molecule has 1 amide bonds. The quantitative estimate of drug-likeness (QED) is 0.913. The monoisotopic (exact) mass is 316 g/mol. The maximum Gasteiger partial charge on any atom is 0.228 e. The van der Waals surface area contributed by atoms with E-state index < -0.39 is 0 Å². The Kier molecular flexibility index (Phi) is 4.16. The van der Waals surface area contributed by atoms with Gasteiger partial charge in [0, 0.05) is 37.7 Å². The Morgan fingerprint density at radius 3 is 2.83 bits per heavy atom. The third-order valence-corrected chi connectivity index (χ3v) is 5.32. The minimum absolute atomic E-state index is 0.0508. The molecule has 1 aliphatic carbocycles. The smallest absolute Gasteiger partial charge is 0.228 e. The second-order valence-electron chi connectivity index (χ2n) is 6.81. The van der Waals surface area contributed by atoms with Gasteiger partial charge in [-0.3, -0.25) is 4.79 Å². The third-order valence-electron chi connectivity index (χ3n) is 5.32. The summed E-state index contributed by atoms with van der Waals surface area (Å²) in [5.74, 6) is 1.28. The van der Waals surface area contributed by atoms with Crippen LogP contribution in [0.2, 0.25) is 0 Å². The lowest BCUT2D eigenvalue weighted by atomic mass is 9.93. The van der Waals surface area contributed by atoms with Gasteiger partial charge >= 0.3 is 0 Å². The van der Waals surface area contributed by atoms with Crippen LogP contribution in [-0.2, 0) is 22.4 Å². The Balaban J connectivity index is 1.47. The molecule has 0 aromatic carbocycles. The van der Waals surface area contributed by atoms with E-state index in [1.54, 1.807) is 6.33 Å². The van der Waals surface area contributed by atoms with Gasteiger partial charge in [0.15, 0.2) is 0 Å². The molecule has 6 heteroatoms. The molecule has 23 heavy (non-hydrogen) atoms. The molecule has 2 aliphatic heterocycles. The Labute approximate surface area is 136 Å². The van der Waals surface area contributed by atoms with Crippen LogP contribution in [0.3, 0.4) is 0 Å². The highest BCUT2D eigenvalue weighted by atomic mass is 16.5. The van der Waals surface area contributed by atoms with E-state index in [1.165, 1.54) is 24.8 Å². The Bertz CT molecular complexity index is 582. The van der Waals surface area contributed by atoms with Gasteiger partial charge in [0.05, 0.1) is 18.2 Å². The number of aromatic nitrogens is 2. The molecule has 0 unspecified atom stereocenters. The van der Waals surface area contributed by atoms with E-state index in [2.05, 4.69) is 15.3 Å². The van der Waals surface area contributed by atoms with Crippen LogP contribution in [0, 0.1) is 5.92 Å². The highest BCUT2D eigenvalue weighted by molar-refractivity contribution is 5.79. The molecular formula is C17H24N4O2. The van der Waals surface area contributed by atoms with Crippen LogP contribution in [0.5, 0.6) is 0 Å². The minimum atomic E-state index is 0.0508. The van der Waals surface area contributed by atoms with Gasteiger partial charge in [-0.05, 0) is 32.1 Å². The number of hydrogen-bond donors (Lipinski definition) is 1. The summed E-state index contributed by atoms with van der Waals surface area (Å²) in [6.45, 7) is 2.80. The molecule has 0 spiro atoms. The van der Waals surface area contributed by atoms with Gasteiger partial charge in [-0.1, -0.05) is 0 Å². The van der Waals surface area contributed by atoms with Crippen LogP contribution in [0.4, 0.5) is 5.82 Å². The second-order valence-corrected chi connectivity index (χ2v) is 6.81. The molecule has 6 nitrogen and oxygen atoms in total. The molecule has 2 fully saturated rings. The van der Waals surface area contributed by atoms with Crippen molar-refractivity contribution in [1.82, 2.24) is 14.9 Å². The largest absolute Gasteiger partial charge is 0.381 e. The molecule has 1 N–H and O–H groups in total. The SMILES string of the molecule is O=C([C@@H]1CCOC1)N1CCc2ncnc(NC3CCC3)c2CC1. The lowest BCUT2D eigenvalue weighted by Gasteiger charge is -2.28. The average molecular weight is 316 g/mol. The second kappa shape index (κ2) is 6.43. The Morgan fingerprint density at radius 2 is 2.09 bits per heavy atom.